The van der Waals surface area contributed by atoms with E-state index in [0.717, 1.165) is 0 Å². The van der Waals surface area contributed by atoms with Crippen LogP contribution in [0.15, 0.2) is 54.6 Å². The molecular formula is C18H19FN2O3. The van der Waals surface area contributed by atoms with Gasteiger partial charge in [0.25, 0.3) is 5.91 Å². The lowest BCUT2D eigenvalue weighted by molar-refractivity contribution is -0.139. The quantitative estimate of drug-likeness (QED) is 0.886. The van der Waals surface area contributed by atoms with Crippen LogP contribution < -0.4 is 10.1 Å². The Bertz CT molecular complexity index is 689. The molecule has 0 aliphatic rings. The van der Waals surface area contributed by atoms with Crippen molar-refractivity contribution < 1.29 is 18.7 Å². The molecule has 1 N–H and O–H groups in total. The molecule has 0 heterocycles. The summed E-state index contributed by atoms with van der Waals surface area (Å²) in [6.45, 7) is 1.50. The predicted molar refractivity (Wildman–Crippen MR) is 89.2 cm³/mol. The normalized spacial score (nSPS) is 11.5. The fourth-order valence-electron chi connectivity index (χ4n) is 2.09. The summed E-state index contributed by atoms with van der Waals surface area (Å²) < 4.78 is 18.4. The number of carbonyl (C=O) groups excluding carboxylic acids is 2. The highest BCUT2D eigenvalue weighted by molar-refractivity contribution is 5.95. The third kappa shape index (κ3) is 5.08. The van der Waals surface area contributed by atoms with Crippen molar-refractivity contribution in [3.8, 4) is 5.75 Å². The highest BCUT2D eigenvalue weighted by Crippen LogP contribution is 2.12. The molecule has 126 valence electrons. The number of anilines is 1. The Hall–Kier alpha value is -2.89. The van der Waals surface area contributed by atoms with E-state index < -0.39 is 6.10 Å². The van der Waals surface area contributed by atoms with E-state index in [0.29, 0.717) is 11.4 Å². The van der Waals surface area contributed by atoms with Crippen molar-refractivity contribution in [3.63, 3.8) is 0 Å². The van der Waals surface area contributed by atoms with E-state index in [1.807, 2.05) is 18.2 Å². The molecule has 6 heteroatoms. The third-order valence-corrected chi connectivity index (χ3v) is 3.29. The van der Waals surface area contributed by atoms with E-state index in [2.05, 4.69) is 5.32 Å². The molecule has 0 spiro atoms. The molecule has 0 saturated carbocycles. The molecule has 0 aliphatic heterocycles. The molecule has 0 aromatic heterocycles. The van der Waals surface area contributed by atoms with E-state index in [9.17, 15) is 14.0 Å². The van der Waals surface area contributed by atoms with E-state index >= 15 is 0 Å². The van der Waals surface area contributed by atoms with E-state index in [-0.39, 0.29) is 24.2 Å². The number of benzene rings is 2. The van der Waals surface area contributed by atoms with Crippen LogP contribution in [-0.2, 0) is 9.59 Å². The van der Waals surface area contributed by atoms with Gasteiger partial charge in [-0.1, -0.05) is 18.2 Å². The maximum Gasteiger partial charge on any atom is 0.263 e. The molecule has 5 nitrogen and oxygen atoms in total. The monoisotopic (exact) mass is 330 g/mol. The van der Waals surface area contributed by atoms with Crippen molar-refractivity contribution in [2.75, 3.05) is 18.9 Å². The lowest BCUT2D eigenvalue weighted by Gasteiger charge is -2.21. The third-order valence-electron chi connectivity index (χ3n) is 3.29. The Morgan fingerprint density at radius 3 is 2.38 bits per heavy atom. The second-order valence-corrected chi connectivity index (χ2v) is 5.32. The molecule has 0 bridgehead atoms. The van der Waals surface area contributed by atoms with Gasteiger partial charge in [-0.25, -0.2) is 4.39 Å². The Balaban J connectivity index is 1.86. The van der Waals surface area contributed by atoms with Crippen molar-refractivity contribution in [2.24, 2.45) is 0 Å². The fourth-order valence-corrected chi connectivity index (χ4v) is 2.09. The van der Waals surface area contributed by atoms with Crippen molar-refractivity contribution in [2.45, 2.75) is 13.0 Å². The van der Waals surface area contributed by atoms with Crippen LogP contribution >= 0.6 is 0 Å². The molecule has 0 radical (unpaired) electrons. The van der Waals surface area contributed by atoms with Gasteiger partial charge in [-0.2, -0.15) is 0 Å². The minimum Gasteiger partial charge on any atom is -0.481 e. The van der Waals surface area contributed by atoms with Crippen LogP contribution in [-0.4, -0.2) is 36.4 Å². The number of amides is 2. The van der Waals surface area contributed by atoms with Crippen LogP contribution in [0.25, 0.3) is 0 Å². The van der Waals surface area contributed by atoms with Crippen LogP contribution in [0.5, 0.6) is 5.75 Å². The first-order valence-corrected chi connectivity index (χ1v) is 7.48. The molecule has 0 fully saturated rings. The summed E-state index contributed by atoms with van der Waals surface area (Å²) in [6, 6.07) is 14.4. The summed E-state index contributed by atoms with van der Waals surface area (Å²) >= 11 is 0. The zero-order valence-electron chi connectivity index (χ0n) is 13.5. The molecule has 2 amide bonds. The predicted octanol–water partition coefficient (Wildman–Crippen LogP) is 2.69. The molecule has 1 unspecified atom stereocenters. The number of nitrogens with zero attached hydrogens (tertiary/aromatic N) is 1. The standard InChI is InChI=1S/C18H19FN2O3/c1-13(24-16-6-4-3-5-7-16)18(23)21(2)12-17(22)20-15-10-8-14(19)9-11-15/h3-11,13H,12H2,1-2H3,(H,20,22). The number of likely N-dealkylation sites (N-methyl/N-ethyl adjacent to an activating group) is 1. The first-order valence-electron chi connectivity index (χ1n) is 7.48. The molecule has 2 aromatic rings. The fraction of sp³-hybridized carbons (Fsp3) is 0.222. The number of rotatable bonds is 6. The Kier molecular flexibility index (Phi) is 5.89. The van der Waals surface area contributed by atoms with Crippen molar-refractivity contribution >= 4 is 17.5 Å². The molecular weight excluding hydrogens is 311 g/mol. The summed E-state index contributed by atoms with van der Waals surface area (Å²) in [4.78, 5) is 25.5. The lowest BCUT2D eigenvalue weighted by Crippen LogP contribution is -2.41. The van der Waals surface area contributed by atoms with Crippen LogP contribution in [0.1, 0.15) is 6.92 Å². The average Bonchev–Trinajstić information content (AvgIpc) is 2.57. The van der Waals surface area contributed by atoms with E-state index in [1.165, 1.54) is 36.2 Å². The molecule has 2 rings (SSSR count). The summed E-state index contributed by atoms with van der Waals surface area (Å²) in [7, 11) is 1.53. The van der Waals surface area contributed by atoms with Gasteiger partial charge in [-0.15, -0.1) is 0 Å². The van der Waals surface area contributed by atoms with E-state index in [4.69, 9.17) is 4.74 Å². The minimum atomic E-state index is -0.712. The van der Waals surface area contributed by atoms with Crippen molar-refractivity contribution in [3.05, 3.63) is 60.4 Å². The highest BCUT2D eigenvalue weighted by Gasteiger charge is 2.21. The lowest BCUT2D eigenvalue weighted by atomic mass is 10.3. The largest absolute Gasteiger partial charge is 0.481 e. The van der Waals surface area contributed by atoms with Gasteiger partial charge in [-0.3, -0.25) is 9.59 Å². The zero-order valence-corrected chi connectivity index (χ0v) is 13.5. The number of carbonyl (C=O) groups is 2. The van der Waals surface area contributed by atoms with Gasteiger partial charge in [0.05, 0.1) is 6.54 Å². The van der Waals surface area contributed by atoms with Gasteiger partial charge in [-0.05, 0) is 43.3 Å². The zero-order chi connectivity index (χ0) is 17.5. The second-order valence-electron chi connectivity index (χ2n) is 5.32. The topological polar surface area (TPSA) is 58.6 Å². The number of hydrogen-bond donors (Lipinski definition) is 1. The maximum absolute atomic E-state index is 12.8. The summed E-state index contributed by atoms with van der Waals surface area (Å²) in [5, 5.41) is 2.60. The molecule has 0 saturated heterocycles. The molecule has 24 heavy (non-hydrogen) atoms. The maximum atomic E-state index is 12.8. The second kappa shape index (κ2) is 8.10. The van der Waals surface area contributed by atoms with Crippen LogP contribution in [0.3, 0.4) is 0 Å². The van der Waals surface area contributed by atoms with Crippen molar-refractivity contribution in [1.82, 2.24) is 4.90 Å². The smallest absolute Gasteiger partial charge is 0.263 e. The van der Waals surface area contributed by atoms with Gasteiger partial charge < -0.3 is 15.0 Å². The van der Waals surface area contributed by atoms with E-state index in [1.54, 1.807) is 19.1 Å². The Morgan fingerprint density at radius 2 is 1.75 bits per heavy atom. The average molecular weight is 330 g/mol. The Morgan fingerprint density at radius 1 is 1.12 bits per heavy atom. The summed E-state index contributed by atoms with van der Waals surface area (Å²) in [5.41, 5.74) is 0.468. The Labute approximate surface area is 140 Å². The number of ether oxygens (including phenoxy) is 1. The minimum absolute atomic E-state index is 0.126. The number of hydrogen-bond acceptors (Lipinski definition) is 3. The van der Waals surface area contributed by atoms with Crippen LogP contribution in [0.4, 0.5) is 10.1 Å². The number of para-hydroxylation sites is 1. The first kappa shape index (κ1) is 17.5. The van der Waals surface area contributed by atoms with Crippen LogP contribution in [0, 0.1) is 5.82 Å². The summed E-state index contributed by atoms with van der Waals surface area (Å²) in [5.74, 6) is -0.479. The van der Waals surface area contributed by atoms with Gasteiger partial charge in [0.1, 0.15) is 11.6 Å². The summed E-state index contributed by atoms with van der Waals surface area (Å²) in [6.07, 6.45) is -0.712. The van der Waals surface area contributed by atoms with Gasteiger partial charge in [0.15, 0.2) is 6.10 Å². The molecule has 2 aromatic carbocycles. The SMILES string of the molecule is CC(Oc1ccccc1)C(=O)N(C)CC(=O)Nc1ccc(F)cc1. The van der Waals surface area contributed by atoms with Gasteiger partial charge >= 0.3 is 0 Å². The highest BCUT2D eigenvalue weighted by atomic mass is 19.1. The number of halogens is 1. The van der Waals surface area contributed by atoms with Crippen LogP contribution in [0.2, 0.25) is 0 Å². The van der Waals surface area contributed by atoms with Gasteiger partial charge in [0.2, 0.25) is 5.91 Å². The molecule has 1 atom stereocenters. The van der Waals surface area contributed by atoms with Gasteiger partial charge in [0, 0.05) is 12.7 Å². The molecule has 0 aliphatic carbocycles. The number of nitrogens with one attached hydrogen (secondary N) is 1. The first-order chi connectivity index (χ1) is 11.5. The van der Waals surface area contributed by atoms with Crippen molar-refractivity contribution in [1.29, 1.82) is 0 Å².